The number of hydrogen-bond donors (Lipinski definition) is 2. The normalized spacial score (nSPS) is 13.6. The Labute approximate surface area is 249 Å². The Morgan fingerprint density at radius 3 is 2.30 bits per heavy atom. The van der Waals surface area contributed by atoms with Gasteiger partial charge in [0, 0.05) is 26.1 Å². The van der Waals surface area contributed by atoms with Crippen molar-refractivity contribution in [3.8, 4) is 17.5 Å². The number of imidazole rings is 1. The third-order valence-electron chi connectivity index (χ3n) is 6.23. The highest BCUT2D eigenvalue weighted by Crippen LogP contribution is 2.32. The van der Waals surface area contributed by atoms with E-state index in [1.807, 2.05) is 58.7 Å². The highest BCUT2D eigenvalue weighted by Gasteiger charge is 2.35. The average Bonchev–Trinajstić information content (AvgIpc) is 3.60. The zero-order valence-electron chi connectivity index (χ0n) is 25.0. The molecule has 1 amide bonds. The van der Waals surface area contributed by atoms with Crippen molar-refractivity contribution >= 4 is 18.5 Å². The second-order valence-corrected chi connectivity index (χ2v) is 9.01. The van der Waals surface area contributed by atoms with Crippen LogP contribution in [0, 0.1) is 6.92 Å². The molecular weight excluding hydrogens is 569 g/mol. The van der Waals surface area contributed by atoms with Gasteiger partial charge in [0.1, 0.15) is 18.3 Å². The molecule has 10 nitrogen and oxygen atoms in total. The number of rotatable bonds is 11. The molecule has 43 heavy (non-hydrogen) atoms. The van der Waals surface area contributed by atoms with Gasteiger partial charge in [0.25, 0.3) is 5.91 Å². The fourth-order valence-corrected chi connectivity index (χ4v) is 4.24. The van der Waals surface area contributed by atoms with E-state index in [1.54, 1.807) is 4.57 Å². The van der Waals surface area contributed by atoms with Crippen LogP contribution in [-0.4, -0.2) is 61.2 Å². The van der Waals surface area contributed by atoms with E-state index in [0.717, 1.165) is 17.2 Å². The van der Waals surface area contributed by atoms with E-state index in [0.29, 0.717) is 32.6 Å². The van der Waals surface area contributed by atoms with Crippen molar-refractivity contribution < 1.29 is 41.7 Å². The molecule has 0 aliphatic carbocycles. The van der Waals surface area contributed by atoms with Crippen LogP contribution >= 0.6 is 0 Å². The lowest BCUT2D eigenvalue weighted by molar-refractivity contribution is -0.274. The largest absolute Gasteiger partial charge is 0.573 e. The van der Waals surface area contributed by atoms with Gasteiger partial charge in [-0.05, 0) is 31.0 Å². The summed E-state index contributed by atoms with van der Waals surface area (Å²) in [6.45, 7) is 11.6. The number of nitrogens with zero attached hydrogens (tertiary/aromatic N) is 2. The smallest absolute Gasteiger partial charge is 0.425 e. The molecule has 1 saturated heterocycles. The van der Waals surface area contributed by atoms with Gasteiger partial charge in [-0.15, -0.1) is 13.2 Å². The number of ether oxygens (including phenoxy) is 4. The number of nitrogens with one attached hydrogen (secondary N) is 2. The summed E-state index contributed by atoms with van der Waals surface area (Å²) >= 11 is 0. The second-order valence-electron chi connectivity index (χ2n) is 9.01. The molecule has 1 aliphatic heterocycles. The van der Waals surface area contributed by atoms with Crippen LogP contribution < -0.4 is 20.1 Å². The third kappa shape index (κ3) is 10.00. The van der Waals surface area contributed by atoms with E-state index in [2.05, 4.69) is 20.4 Å². The molecule has 3 aromatic rings. The number of alkyl halides is 3. The summed E-state index contributed by atoms with van der Waals surface area (Å²) in [5.41, 5.74) is 2.14. The van der Waals surface area contributed by atoms with Crippen molar-refractivity contribution in [1.82, 2.24) is 14.9 Å². The van der Waals surface area contributed by atoms with E-state index < -0.39 is 23.8 Å². The third-order valence-corrected chi connectivity index (χ3v) is 6.23. The molecule has 0 saturated carbocycles. The van der Waals surface area contributed by atoms with Crippen molar-refractivity contribution in [1.29, 1.82) is 0 Å². The van der Waals surface area contributed by atoms with Crippen LogP contribution in [0.2, 0.25) is 0 Å². The van der Waals surface area contributed by atoms with Gasteiger partial charge in [-0.25, -0.2) is 0 Å². The number of benzene rings is 2. The minimum absolute atomic E-state index is 0.0133. The standard InChI is InChI=1S/C27H31F3N4O5.C2H6.CH2O/c1-4-26(36-14-15-37-26)12-13-32-23-22(24(35)31-3)34(17-19-10-8-18(2)9-11-19)25(33-23)38-20-6-5-7-21(16-20)39-27(28,29)30;2*1-2/h5-11,16,32H,4,12-15,17H2,1-3H3,(H,31,35);1-2H3;1H2. The van der Waals surface area contributed by atoms with Crippen molar-refractivity contribution in [2.45, 2.75) is 59.2 Å². The minimum Gasteiger partial charge on any atom is -0.425 e. The quantitative estimate of drug-likeness (QED) is 0.269. The predicted octanol–water partition coefficient (Wildman–Crippen LogP) is 6.09. The maximum atomic E-state index is 13.1. The average molecular weight is 609 g/mol. The minimum atomic E-state index is -4.85. The van der Waals surface area contributed by atoms with Gasteiger partial charge < -0.3 is 34.4 Å². The van der Waals surface area contributed by atoms with Gasteiger partial charge in [-0.3, -0.25) is 9.36 Å². The maximum Gasteiger partial charge on any atom is 0.573 e. The van der Waals surface area contributed by atoms with E-state index in [9.17, 15) is 18.0 Å². The molecule has 0 bridgehead atoms. The fraction of sp³-hybridized carbons (Fsp3) is 0.433. The number of halogens is 3. The summed E-state index contributed by atoms with van der Waals surface area (Å²) in [7, 11) is 1.50. The van der Waals surface area contributed by atoms with Gasteiger partial charge in [-0.2, -0.15) is 4.98 Å². The first-order valence-electron chi connectivity index (χ1n) is 13.8. The van der Waals surface area contributed by atoms with Gasteiger partial charge in [0.2, 0.25) is 0 Å². The monoisotopic (exact) mass is 608 g/mol. The van der Waals surface area contributed by atoms with E-state index >= 15 is 0 Å². The highest BCUT2D eigenvalue weighted by atomic mass is 19.4. The van der Waals surface area contributed by atoms with Crippen molar-refractivity contribution in [3.63, 3.8) is 0 Å². The van der Waals surface area contributed by atoms with Crippen LogP contribution in [0.15, 0.2) is 48.5 Å². The molecule has 13 heteroatoms. The molecule has 2 aromatic carbocycles. The molecule has 2 heterocycles. The molecule has 1 aliphatic rings. The Bertz CT molecular complexity index is 1290. The molecule has 1 fully saturated rings. The van der Waals surface area contributed by atoms with Crippen LogP contribution in [0.3, 0.4) is 0 Å². The van der Waals surface area contributed by atoms with E-state index in [4.69, 9.17) is 19.0 Å². The van der Waals surface area contributed by atoms with Crippen molar-refractivity contribution in [3.05, 3.63) is 65.4 Å². The second kappa shape index (κ2) is 16.5. The van der Waals surface area contributed by atoms with E-state index in [1.165, 1.54) is 25.2 Å². The lowest BCUT2D eigenvalue weighted by Crippen LogP contribution is -2.32. The summed E-state index contributed by atoms with van der Waals surface area (Å²) < 4.78 is 61.3. The van der Waals surface area contributed by atoms with Gasteiger partial charge in [-0.1, -0.05) is 56.7 Å². The zero-order valence-corrected chi connectivity index (χ0v) is 25.0. The number of anilines is 1. The van der Waals surface area contributed by atoms with Crippen molar-refractivity contribution in [2.75, 3.05) is 32.1 Å². The van der Waals surface area contributed by atoms with Crippen LogP contribution in [0.5, 0.6) is 17.5 Å². The van der Waals surface area contributed by atoms with Gasteiger partial charge >= 0.3 is 12.4 Å². The lowest BCUT2D eigenvalue weighted by atomic mass is 10.1. The molecule has 0 atom stereocenters. The number of aryl methyl sites for hydroxylation is 1. The number of carbonyl (C=O) groups excluding carboxylic acids is 2. The fourth-order valence-electron chi connectivity index (χ4n) is 4.24. The van der Waals surface area contributed by atoms with Crippen LogP contribution in [0.1, 0.15) is 55.2 Å². The molecule has 1 aromatic heterocycles. The molecule has 2 N–H and O–H groups in total. The Kier molecular flexibility index (Phi) is 13.5. The highest BCUT2D eigenvalue weighted by molar-refractivity contribution is 5.97. The Hall–Kier alpha value is -4.10. The van der Waals surface area contributed by atoms with Crippen molar-refractivity contribution in [2.24, 2.45) is 0 Å². The van der Waals surface area contributed by atoms with Crippen LogP contribution in [0.25, 0.3) is 0 Å². The number of carbonyl (C=O) groups is 2. The SMILES string of the molecule is C=O.CC.CCC1(CCNc2nc(Oc3cccc(OC(F)(F)F)c3)n(Cc3ccc(C)cc3)c2C(=O)NC)OCCO1. The Morgan fingerprint density at radius 1 is 1.09 bits per heavy atom. The van der Waals surface area contributed by atoms with Gasteiger partial charge in [0.15, 0.2) is 17.3 Å². The molecule has 0 radical (unpaired) electrons. The van der Waals surface area contributed by atoms with Crippen LogP contribution in [0.4, 0.5) is 19.0 Å². The zero-order chi connectivity index (χ0) is 32.0. The summed E-state index contributed by atoms with van der Waals surface area (Å²) in [6.07, 6.45) is -3.69. The van der Waals surface area contributed by atoms with E-state index in [-0.39, 0.29) is 29.8 Å². The summed E-state index contributed by atoms with van der Waals surface area (Å²) in [5.74, 6) is -1.26. The summed E-state index contributed by atoms with van der Waals surface area (Å²) in [4.78, 5) is 25.6. The van der Waals surface area contributed by atoms with Gasteiger partial charge in [0.05, 0.1) is 19.8 Å². The topological polar surface area (TPSA) is 113 Å². The first kappa shape index (κ1) is 35.1. The van der Waals surface area contributed by atoms with Crippen LogP contribution in [-0.2, 0) is 20.8 Å². The Morgan fingerprint density at radius 2 is 1.72 bits per heavy atom. The molecule has 0 spiro atoms. The molecule has 4 rings (SSSR count). The summed E-state index contributed by atoms with van der Waals surface area (Å²) in [6, 6.07) is 12.8. The first-order valence-corrected chi connectivity index (χ1v) is 13.8. The number of aromatic nitrogens is 2. The lowest BCUT2D eigenvalue weighted by Gasteiger charge is -2.25. The summed E-state index contributed by atoms with van der Waals surface area (Å²) in [5, 5.41) is 5.82. The first-order chi connectivity index (χ1) is 20.6. The maximum absolute atomic E-state index is 13.1. The number of hydrogen-bond acceptors (Lipinski definition) is 8. The number of amides is 1. The predicted molar refractivity (Wildman–Crippen MR) is 156 cm³/mol. The molecular formula is C30H39F3N4O6. The molecule has 236 valence electrons. The molecule has 0 unspecified atom stereocenters. The Balaban J connectivity index is 0.00000155.